The molecule has 17 heavy (non-hydrogen) atoms. The van der Waals surface area contributed by atoms with Crippen LogP contribution >= 0.6 is 0 Å². The highest BCUT2D eigenvalue weighted by Crippen LogP contribution is 2.42. The largest absolute Gasteiger partial charge is 0.369 e. The molecule has 2 heterocycles. The van der Waals surface area contributed by atoms with E-state index in [9.17, 15) is 0 Å². The van der Waals surface area contributed by atoms with Crippen LogP contribution in [0.1, 0.15) is 31.7 Å². The number of aromatic nitrogens is 3. The van der Waals surface area contributed by atoms with Crippen LogP contribution in [0.3, 0.4) is 0 Å². The van der Waals surface area contributed by atoms with E-state index in [0.29, 0.717) is 11.4 Å². The molecule has 1 fully saturated rings. The average Bonchev–Trinajstić information content (AvgIpc) is 2.52. The zero-order valence-electron chi connectivity index (χ0n) is 10.4. The topological polar surface area (TPSA) is 56.7 Å². The Balaban J connectivity index is 2.06. The standard InChI is InChI=1S/C13H18N4/c1-9-6-10-11(15-7-9)17(12(14)16-10)8-13(2)4-3-5-13/h6-7H,3-5,8H2,1-2H3,(H2,14,16). The van der Waals surface area contributed by atoms with Crippen molar-refractivity contribution in [3.63, 3.8) is 0 Å². The second kappa shape index (κ2) is 3.45. The van der Waals surface area contributed by atoms with Crippen molar-refractivity contribution in [1.29, 1.82) is 0 Å². The fourth-order valence-electron chi connectivity index (χ4n) is 2.61. The van der Waals surface area contributed by atoms with Gasteiger partial charge in [0.25, 0.3) is 0 Å². The highest BCUT2D eigenvalue weighted by Gasteiger charge is 2.33. The van der Waals surface area contributed by atoms with E-state index in [1.807, 2.05) is 19.2 Å². The Morgan fingerprint density at radius 3 is 2.88 bits per heavy atom. The number of aryl methyl sites for hydroxylation is 1. The lowest BCUT2D eigenvalue weighted by Gasteiger charge is -2.38. The van der Waals surface area contributed by atoms with Gasteiger partial charge >= 0.3 is 0 Å². The van der Waals surface area contributed by atoms with Crippen LogP contribution in [0.4, 0.5) is 5.95 Å². The smallest absolute Gasteiger partial charge is 0.202 e. The molecule has 4 heteroatoms. The van der Waals surface area contributed by atoms with Crippen LogP contribution < -0.4 is 5.73 Å². The molecule has 90 valence electrons. The molecule has 1 aliphatic carbocycles. The summed E-state index contributed by atoms with van der Waals surface area (Å²) in [5.74, 6) is 0.589. The summed E-state index contributed by atoms with van der Waals surface area (Å²) < 4.78 is 2.06. The number of nitrogens with two attached hydrogens (primary N) is 1. The van der Waals surface area contributed by atoms with Gasteiger partial charge in [-0.15, -0.1) is 0 Å². The fraction of sp³-hybridized carbons (Fsp3) is 0.538. The predicted molar refractivity (Wildman–Crippen MR) is 68.6 cm³/mol. The molecular weight excluding hydrogens is 212 g/mol. The Kier molecular flexibility index (Phi) is 2.15. The van der Waals surface area contributed by atoms with Crippen LogP contribution in [0.2, 0.25) is 0 Å². The van der Waals surface area contributed by atoms with E-state index in [1.54, 1.807) is 0 Å². The number of nitrogens with zero attached hydrogens (tertiary/aromatic N) is 3. The number of hydrogen-bond donors (Lipinski definition) is 1. The average molecular weight is 230 g/mol. The molecule has 1 aliphatic rings. The number of hydrogen-bond acceptors (Lipinski definition) is 3. The van der Waals surface area contributed by atoms with Crippen LogP contribution in [0, 0.1) is 12.3 Å². The van der Waals surface area contributed by atoms with Crippen LogP contribution in [0.15, 0.2) is 12.3 Å². The van der Waals surface area contributed by atoms with E-state index in [4.69, 9.17) is 5.73 Å². The molecule has 0 aliphatic heterocycles. The summed E-state index contributed by atoms with van der Waals surface area (Å²) in [5.41, 5.74) is 9.33. The van der Waals surface area contributed by atoms with Gasteiger partial charge in [-0.25, -0.2) is 9.97 Å². The first-order chi connectivity index (χ1) is 8.07. The van der Waals surface area contributed by atoms with Crippen molar-refractivity contribution in [3.05, 3.63) is 17.8 Å². The summed E-state index contributed by atoms with van der Waals surface area (Å²) in [4.78, 5) is 8.86. The van der Waals surface area contributed by atoms with Gasteiger partial charge in [0.15, 0.2) is 5.65 Å². The molecule has 0 bridgehead atoms. The first kappa shape index (κ1) is 10.6. The van der Waals surface area contributed by atoms with Crippen molar-refractivity contribution in [1.82, 2.24) is 14.5 Å². The monoisotopic (exact) mass is 230 g/mol. The highest BCUT2D eigenvalue weighted by molar-refractivity contribution is 5.74. The quantitative estimate of drug-likeness (QED) is 0.862. The summed E-state index contributed by atoms with van der Waals surface area (Å²) in [6.45, 7) is 5.27. The normalized spacial score (nSPS) is 18.2. The predicted octanol–water partition coefficient (Wildman–Crippen LogP) is 2.51. The molecule has 0 atom stereocenters. The Morgan fingerprint density at radius 2 is 2.24 bits per heavy atom. The number of nitrogen functional groups attached to an aromatic ring is 1. The molecule has 1 saturated carbocycles. The van der Waals surface area contributed by atoms with E-state index in [-0.39, 0.29) is 0 Å². The summed E-state index contributed by atoms with van der Waals surface area (Å²) >= 11 is 0. The Labute approximate surface area is 101 Å². The molecule has 3 rings (SSSR count). The second-order valence-electron chi connectivity index (χ2n) is 5.58. The molecule has 0 saturated heterocycles. The number of pyridine rings is 1. The molecule has 2 aromatic heterocycles. The van der Waals surface area contributed by atoms with Crippen LogP contribution in [0.5, 0.6) is 0 Å². The van der Waals surface area contributed by atoms with Crippen LogP contribution in [-0.4, -0.2) is 14.5 Å². The minimum atomic E-state index is 0.383. The summed E-state index contributed by atoms with van der Waals surface area (Å²) in [6, 6.07) is 2.04. The third-order valence-corrected chi connectivity index (χ3v) is 3.85. The summed E-state index contributed by atoms with van der Waals surface area (Å²) in [7, 11) is 0. The molecule has 0 spiro atoms. The molecule has 0 radical (unpaired) electrons. The lowest BCUT2D eigenvalue weighted by atomic mass is 9.70. The van der Waals surface area contributed by atoms with Gasteiger partial charge < -0.3 is 5.73 Å². The molecule has 0 aromatic carbocycles. The van der Waals surface area contributed by atoms with Crippen LogP contribution in [-0.2, 0) is 6.54 Å². The third kappa shape index (κ3) is 1.68. The minimum Gasteiger partial charge on any atom is -0.369 e. The van der Waals surface area contributed by atoms with E-state index in [1.165, 1.54) is 19.3 Å². The fourth-order valence-corrected chi connectivity index (χ4v) is 2.61. The molecule has 2 N–H and O–H groups in total. The SMILES string of the molecule is Cc1cnc2c(c1)nc(N)n2CC1(C)CCC1. The summed E-state index contributed by atoms with van der Waals surface area (Å²) in [5, 5.41) is 0. The Bertz CT molecular complexity index is 566. The van der Waals surface area contributed by atoms with Gasteiger partial charge in [0.2, 0.25) is 5.95 Å². The maximum atomic E-state index is 6.00. The van der Waals surface area contributed by atoms with Gasteiger partial charge in [0.05, 0.1) is 0 Å². The van der Waals surface area contributed by atoms with Gasteiger partial charge in [0, 0.05) is 12.7 Å². The van der Waals surface area contributed by atoms with E-state index in [2.05, 4.69) is 21.5 Å². The van der Waals surface area contributed by atoms with Gasteiger partial charge in [-0.1, -0.05) is 13.3 Å². The molecule has 4 nitrogen and oxygen atoms in total. The van der Waals surface area contributed by atoms with E-state index in [0.717, 1.165) is 23.3 Å². The number of fused-ring (bicyclic) bond motifs is 1. The van der Waals surface area contributed by atoms with Crippen molar-refractivity contribution < 1.29 is 0 Å². The van der Waals surface area contributed by atoms with Crippen molar-refractivity contribution in [2.45, 2.75) is 39.7 Å². The molecule has 2 aromatic rings. The van der Waals surface area contributed by atoms with Crippen molar-refractivity contribution >= 4 is 17.1 Å². The maximum absolute atomic E-state index is 6.00. The molecule has 0 amide bonds. The van der Waals surface area contributed by atoms with Gasteiger partial charge in [-0.3, -0.25) is 4.57 Å². The minimum absolute atomic E-state index is 0.383. The van der Waals surface area contributed by atoms with Gasteiger partial charge in [-0.2, -0.15) is 0 Å². The van der Waals surface area contributed by atoms with Crippen LogP contribution in [0.25, 0.3) is 11.2 Å². The number of imidazole rings is 1. The Hall–Kier alpha value is -1.58. The van der Waals surface area contributed by atoms with Crippen molar-refractivity contribution in [3.8, 4) is 0 Å². The van der Waals surface area contributed by atoms with E-state index >= 15 is 0 Å². The lowest BCUT2D eigenvalue weighted by molar-refractivity contribution is 0.134. The van der Waals surface area contributed by atoms with Crippen molar-refractivity contribution in [2.24, 2.45) is 5.41 Å². The second-order valence-corrected chi connectivity index (χ2v) is 5.58. The molecular formula is C13H18N4. The lowest BCUT2D eigenvalue weighted by Crippen LogP contribution is -2.31. The van der Waals surface area contributed by atoms with E-state index < -0.39 is 0 Å². The highest BCUT2D eigenvalue weighted by atomic mass is 15.2. The van der Waals surface area contributed by atoms with Gasteiger partial charge in [0.1, 0.15) is 5.52 Å². The Morgan fingerprint density at radius 1 is 1.47 bits per heavy atom. The molecule has 0 unspecified atom stereocenters. The van der Waals surface area contributed by atoms with Gasteiger partial charge in [-0.05, 0) is 36.8 Å². The number of rotatable bonds is 2. The third-order valence-electron chi connectivity index (χ3n) is 3.85. The zero-order valence-corrected chi connectivity index (χ0v) is 10.4. The maximum Gasteiger partial charge on any atom is 0.202 e. The zero-order chi connectivity index (χ0) is 12.0. The summed E-state index contributed by atoms with van der Waals surface area (Å²) in [6.07, 6.45) is 5.76. The first-order valence-corrected chi connectivity index (χ1v) is 6.16. The first-order valence-electron chi connectivity index (χ1n) is 6.16. The number of anilines is 1. The van der Waals surface area contributed by atoms with Crippen molar-refractivity contribution in [2.75, 3.05) is 5.73 Å².